The SMILES string of the molecule is CCOC(=O)/C(C=N)=C(/Nc1cncc2sccc12)C(F)(F)F. The average molecular weight is 343 g/mol. The van der Waals surface area contributed by atoms with Crippen molar-refractivity contribution in [1.82, 2.24) is 4.98 Å². The molecular weight excluding hydrogens is 331 g/mol. The standard InChI is InChI=1S/C14H12F3N3O2S/c1-2-22-13(21)9(5-18)12(14(15,16)17)20-10-6-19-7-11-8(10)3-4-23-11/h3-7,18,20H,2H2,1H3/b12-9+,18-5?. The van der Waals surface area contributed by atoms with Crippen LogP contribution >= 0.6 is 11.3 Å². The van der Waals surface area contributed by atoms with E-state index in [0.717, 1.165) is 0 Å². The summed E-state index contributed by atoms with van der Waals surface area (Å²) in [7, 11) is 0. The Morgan fingerprint density at radius 1 is 1.48 bits per heavy atom. The maximum Gasteiger partial charge on any atom is 0.432 e. The highest BCUT2D eigenvalue weighted by molar-refractivity contribution is 7.17. The monoisotopic (exact) mass is 343 g/mol. The van der Waals surface area contributed by atoms with E-state index >= 15 is 0 Å². The van der Waals surface area contributed by atoms with Crippen molar-refractivity contribution in [1.29, 1.82) is 5.41 Å². The number of fused-ring (bicyclic) bond motifs is 1. The lowest BCUT2D eigenvalue weighted by atomic mass is 10.2. The summed E-state index contributed by atoms with van der Waals surface area (Å²) in [5.74, 6) is -1.22. The van der Waals surface area contributed by atoms with Gasteiger partial charge in [-0.25, -0.2) is 4.79 Å². The number of alkyl halides is 3. The number of allylic oxidation sites excluding steroid dienone is 1. The molecule has 0 bridgehead atoms. The lowest BCUT2D eigenvalue weighted by molar-refractivity contribution is -0.139. The molecular formula is C14H12F3N3O2S. The topological polar surface area (TPSA) is 75.1 Å². The number of thiophene rings is 1. The van der Waals surface area contributed by atoms with E-state index in [-0.39, 0.29) is 12.3 Å². The first-order valence-corrected chi connectivity index (χ1v) is 7.33. The lowest BCUT2D eigenvalue weighted by Gasteiger charge is -2.17. The molecule has 0 atom stereocenters. The highest BCUT2D eigenvalue weighted by Gasteiger charge is 2.39. The van der Waals surface area contributed by atoms with Crippen LogP contribution in [0.3, 0.4) is 0 Å². The molecule has 2 N–H and O–H groups in total. The first-order chi connectivity index (χ1) is 10.9. The Balaban J connectivity index is 2.54. The molecule has 0 aliphatic heterocycles. The Bertz CT molecular complexity index is 768. The van der Waals surface area contributed by atoms with Gasteiger partial charge in [-0.2, -0.15) is 13.2 Å². The highest BCUT2D eigenvalue weighted by Crippen LogP contribution is 2.33. The van der Waals surface area contributed by atoms with Crippen LogP contribution in [0.15, 0.2) is 35.1 Å². The molecule has 0 amide bonds. The summed E-state index contributed by atoms with van der Waals surface area (Å²) in [6.45, 7) is 1.37. The van der Waals surface area contributed by atoms with Gasteiger partial charge in [0.05, 0.1) is 23.2 Å². The molecule has 0 aliphatic rings. The smallest absolute Gasteiger partial charge is 0.432 e. The molecule has 2 aromatic rings. The van der Waals surface area contributed by atoms with Crippen molar-refractivity contribution < 1.29 is 22.7 Å². The molecule has 0 radical (unpaired) electrons. The van der Waals surface area contributed by atoms with E-state index < -0.39 is 23.4 Å². The van der Waals surface area contributed by atoms with E-state index in [1.165, 1.54) is 30.7 Å². The summed E-state index contributed by atoms with van der Waals surface area (Å²) in [5.41, 5.74) is -2.15. The number of aromatic nitrogens is 1. The molecule has 0 aliphatic carbocycles. The zero-order valence-electron chi connectivity index (χ0n) is 11.9. The second kappa shape index (κ2) is 6.78. The molecule has 2 aromatic heterocycles. The zero-order valence-corrected chi connectivity index (χ0v) is 12.7. The Morgan fingerprint density at radius 3 is 2.83 bits per heavy atom. The van der Waals surface area contributed by atoms with E-state index in [0.29, 0.717) is 16.3 Å². The fourth-order valence-corrected chi connectivity index (χ4v) is 2.64. The van der Waals surface area contributed by atoms with Crippen molar-refractivity contribution in [3.8, 4) is 0 Å². The van der Waals surface area contributed by atoms with E-state index in [2.05, 4.69) is 15.0 Å². The Kier molecular flexibility index (Phi) is 4.99. The van der Waals surface area contributed by atoms with Gasteiger partial charge in [-0.1, -0.05) is 0 Å². The van der Waals surface area contributed by atoms with Crippen LogP contribution in [0, 0.1) is 5.41 Å². The number of pyridine rings is 1. The van der Waals surface area contributed by atoms with Gasteiger partial charge in [0.1, 0.15) is 11.3 Å². The second-order valence-electron chi connectivity index (χ2n) is 4.30. The Hall–Kier alpha value is -2.42. The molecule has 0 fully saturated rings. The number of carbonyl (C=O) groups is 1. The van der Waals surface area contributed by atoms with E-state index in [4.69, 9.17) is 5.41 Å². The molecule has 0 spiro atoms. The average Bonchev–Trinajstić information content (AvgIpc) is 2.95. The van der Waals surface area contributed by atoms with Crippen molar-refractivity contribution in [2.24, 2.45) is 0 Å². The van der Waals surface area contributed by atoms with Crippen molar-refractivity contribution in [3.05, 3.63) is 35.1 Å². The van der Waals surface area contributed by atoms with E-state index in [1.807, 2.05) is 0 Å². The van der Waals surface area contributed by atoms with Crippen molar-refractivity contribution in [2.75, 3.05) is 11.9 Å². The lowest BCUT2D eigenvalue weighted by Crippen LogP contribution is -2.25. The number of esters is 1. The summed E-state index contributed by atoms with van der Waals surface area (Å²) < 4.78 is 45.2. The van der Waals surface area contributed by atoms with Gasteiger partial charge in [0.2, 0.25) is 0 Å². The molecule has 0 saturated heterocycles. The number of ether oxygens (including phenoxy) is 1. The van der Waals surface area contributed by atoms with Crippen molar-refractivity contribution in [3.63, 3.8) is 0 Å². The summed E-state index contributed by atoms with van der Waals surface area (Å²) >= 11 is 1.33. The van der Waals surface area contributed by atoms with Crippen LogP contribution in [-0.2, 0) is 9.53 Å². The number of nitrogens with one attached hydrogen (secondary N) is 2. The maximum absolute atomic E-state index is 13.3. The van der Waals surface area contributed by atoms with Crippen LogP contribution in [0.1, 0.15) is 6.92 Å². The normalized spacial score (nSPS) is 12.7. The largest absolute Gasteiger partial charge is 0.462 e. The minimum absolute atomic E-state index is 0.0943. The third-order valence-electron chi connectivity index (χ3n) is 2.83. The van der Waals surface area contributed by atoms with Gasteiger partial charge in [-0.3, -0.25) is 4.98 Å². The zero-order chi connectivity index (χ0) is 17.0. The van der Waals surface area contributed by atoms with Crippen LogP contribution in [0.4, 0.5) is 18.9 Å². The number of carbonyl (C=O) groups excluding carboxylic acids is 1. The fourth-order valence-electron chi connectivity index (χ4n) is 1.86. The molecule has 5 nitrogen and oxygen atoms in total. The quantitative estimate of drug-likeness (QED) is 0.493. The molecule has 0 unspecified atom stereocenters. The van der Waals surface area contributed by atoms with E-state index in [1.54, 1.807) is 11.4 Å². The third kappa shape index (κ3) is 3.67. The summed E-state index contributed by atoms with van der Waals surface area (Å²) in [6.07, 6.45) is -1.77. The first kappa shape index (κ1) is 16.9. The first-order valence-electron chi connectivity index (χ1n) is 6.45. The predicted octanol–water partition coefficient (Wildman–Crippen LogP) is 3.74. The minimum Gasteiger partial charge on any atom is -0.462 e. The number of rotatable bonds is 5. The van der Waals surface area contributed by atoms with Gasteiger partial charge in [0.25, 0.3) is 0 Å². The van der Waals surface area contributed by atoms with Gasteiger partial charge >= 0.3 is 12.1 Å². The van der Waals surface area contributed by atoms with Gasteiger partial charge in [-0.15, -0.1) is 11.3 Å². The molecule has 0 aromatic carbocycles. The van der Waals surface area contributed by atoms with Crippen molar-refractivity contribution in [2.45, 2.75) is 13.1 Å². The number of nitrogens with zero attached hydrogens (tertiary/aromatic N) is 1. The molecule has 9 heteroatoms. The Labute approximate surface area is 133 Å². The summed E-state index contributed by atoms with van der Waals surface area (Å²) in [6, 6.07) is 1.65. The number of hydrogen-bond acceptors (Lipinski definition) is 6. The van der Waals surface area contributed by atoms with Crippen LogP contribution < -0.4 is 5.32 Å². The van der Waals surface area contributed by atoms with Gasteiger partial charge in [-0.05, 0) is 18.4 Å². The number of halogens is 3. The van der Waals surface area contributed by atoms with Crippen LogP contribution in [0.5, 0.6) is 0 Å². The molecule has 122 valence electrons. The maximum atomic E-state index is 13.3. The molecule has 0 saturated carbocycles. The van der Waals surface area contributed by atoms with Gasteiger partial charge in [0.15, 0.2) is 0 Å². The highest BCUT2D eigenvalue weighted by atomic mass is 32.1. The van der Waals surface area contributed by atoms with Crippen LogP contribution in [-0.4, -0.2) is 30.0 Å². The van der Waals surface area contributed by atoms with Crippen molar-refractivity contribution >= 4 is 39.3 Å². The molecule has 2 rings (SSSR count). The third-order valence-corrected chi connectivity index (χ3v) is 3.68. The fraction of sp³-hybridized carbons (Fsp3) is 0.214. The summed E-state index contributed by atoms with van der Waals surface area (Å²) in [4.78, 5) is 15.6. The van der Waals surface area contributed by atoms with Gasteiger partial charge < -0.3 is 15.5 Å². The number of anilines is 1. The van der Waals surface area contributed by atoms with Crippen LogP contribution in [0.2, 0.25) is 0 Å². The Morgan fingerprint density at radius 2 is 2.22 bits per heavy atom. The molecule has 2 heterocycles. The van der Waals surface area contributed by atoms with E-state index in [9.17, 15) is 18.0 Å². The minimum atomic E-state index is -4.86. The summed E-state index contributed by atoms with van der Waals surface area (Å²) in [5, 5.41) is 11.6. The second-order valence-corrected chi connectivity index (χ2v) is 5.24. The van der Waals surface area contributed by atoms with Crippen LogP contribution in [0.25, 0.3) is 10.1 Å². The number of hydrogen-bond donors (Lipinski definition) is 2. The predicted molar refractivity (Wildman–Crippen MR) is 81.7 cm³/mol. The van der Waals surface area contributed by atoms with Gasteiger partial charge in [0, 0.05) is 17.8 Å². The molecule has 23 heavy (non-hydrogen) atoms.